The molecule has 1 aliphatic rings. The van der Waals surface area contributed by atoms with Crippen molar-refractivity contribution in [1.82, 2.24) is 30.6 Å². The Morgan fingerprint density at radius 2 is 1.93 bits per heavy atom. The molecule has 204 valence electrons. The van der Waals surface area contributed by atoms with Crippen LogP contribution in [0.2, 0.25) is 5.02 Å². The molecule has 1 fully saturated rings. The molecular weight excluding hydrogens is 543 g/mol. The lowest BCUT2D eigenvalue weighted by molar-refractivity contribution is -0.124. The molecule has 2 amide bonds. The van der Waals surface area contributed by atoms with Crippen molar-refractivity contribution in [2.45, 2.75) is 31.8 Å². The van der Waals surface area contributed by atoms with Gasteiger partial charge in [-0.1, -0.05) is 23.7 Å². The minimum atomic E-state index is -0.996. The van der Waals surface area contributed by atoms with Gasteiger partial charge in [-0.15, -0.1) is 10.2 Å². The minimum absolute atomic E-state index is 0.0399. The zero-order valence-electron chi connectivity index (χ0n) is 21.3. The molecule has 0 aliphatic heterocycles. The molecule has 0 atom stereocenters. The summed E-state index contributed by atoms with van der Waals surface area (Å²) in [7, 11) is 1.41. The lowest BCUT2D eigenvalue weighted by Gasteiger charge is -2.16. The van der Waals surface area contributed by atoms with E-state index in [4.69, 9.17) is 25.3 Å². The van der Waals surface area contributed by atoms with Crippen molar-refractivity contribution in [1.29, 1.82) is 0 Å². The van der Waals surface area contributed by atoms with E-state index in [1.807, 2.05) is 28.8 Å². The SMILES string of the molecule is COc1cc(C(=O)NC2(C(=O)NCc3ccc(-n4c(-c5nnc(C)o5)c(Cl)c5cc(F)ccc54)cc3)CC2)on1. The van der Waals surface area contributed by atoms with E-state index in [0.717, 1.165) is 11.3 Å². The second kappa shape index (κ2) is 9.79. The predicted molar refractivity (Wildman–Crippen MR) is 141 cm³/mol. The third-order valence-electron chi connectivity index (χ3n) is 6.70. The first-order valence-electron chi connectivity index (χ1n) is 12.3. The number of amides is 2. The van der Waals surface area contributed by atoms with Crippen LogP contribution in [0.5, 0.6) is 5.88 Å². The minimum Gasteiger partial charge on any atom is -0.479 e. The molecule has 1 aliphatic carbocycles. The highest BCUT2D eigenvalue weighted by molar-refractivity contribution is 6.38. The number of hydrogen-bond donors (Lipinski definition) is 2. The number of nitrogens with one attached hydrogen (secondary N) is 2. The first kappa shape index (κ1) is 25.6. The molecule has 1 saturated carbocycles. The number of halogens is 2. The Bertz CT molecular complexity index is 1750. The number of nitrogens with zero attached hydrogens (tertiary/aromatic N) is 4. The number of benzene rings is 2. The lowest BCUT2D eigenvalue weighted by Crippen LogP contribution is -2.48. The van der Waals surface area contributed by atoms with Crippen LogP contribution in [0.3, 0.4) is 0 Å². The summed E-state index contributed by atoms with van der Waals surface area (Å²) in [4.78, 5) is 25.4. The van der Waals surface area contributed by atoms with Crippen molar-refractivity contribution in [3.63, 3.8) is 0 Å². The molecule has 2 N–H and O–H groups in total. The molecule has 3 heterocycles. The molecule has 0 saturated heterocycles. The van der Waals surface area contributed by atoms with Gasteiger partial charge in [-0.05, 0) is 53.9 Å². The summed E-state index contributed by atoms with van der Waals surface area (Å²) < 4.78 is 31.4. The fourth-order valence-corrected chi connectivity index (χ4v) is 4.78. The highest BCUT2D eigenvalue weighted by Gasteiger charge is 2.51. The highest BCUT2D eigenvalue weighted by Crippen LogP contribution is 2.40. The normalized spacial score (nSPS) is 13.8. The van der Waals surface area contributed by atoms with Gasteiger partial charge in [-0.25, -0.2) is 4.39 Å². The lowest BCUT2D eigenvalue weighted by atomic mass is 10.1. The van der Waals surface area contributed by atoms with Crippen molar-refractivity contribution in [3.8, 4) is 23.2 Å². The second-order valence-electron chi connectivity index (χ2n) is 9.40. The van der Waals surface area contributed by atoms with Crippen LogP contribution in [-0.2, 0) is 11.3 Å². The molecular formula is C27H22ClFN6O5. The van der Waals surface area contributed by atoms with Gasteiger partial charge in [0.2, 0.25) is 17.6 Å². The van der Waals surface area contributed by atoms with Gasteiger partial charge in [0.25, 0.3) is 17.7 Å². The number of aryl methyl sites for hydroxylation is 1. The molecule has 11 nitrogen and oxygen atoms in total. The maximum atomic E-state index is 14.0. The number of fused-ring (bicyclic) bond motifs is 1. The Hall–Kier alpha value is -4.71. The Morgan fingerprint density at radius 3 is 2.58 bits per heavy atom. The molecule has 2 aromatic carbocycles. The van der Waals surface area contributed by atoms with Gasteiger partial charge in [0.05, 0.1) is 23.7 Å². The van der Waals surface area contributed by atoms with Crippen LogP contribution < -0.4 is 15.4 Å². The Kier molecular flexibility index (Phi) is 6.26. The van der Waals surface area contributed by atoms with E-state index < -0.39 is 17.3 Å². The standard InChI is InChI=1S/C27H22ClFN6O5/c1-14-32-33-25(39-14)23-22(28)18-11-16(29)5-8-19(18)35(23)17-6-3-15(4-7-17)13-30-26(37)27(9-10-27)31-24(36)20-12-21(38-2)34-40-20/h3-8,11-12H,9-10,13H2,1-2H3,(H,30,37)(H,31,36). The monoisotopic (exact) mass is 564 g/mol. The van der Waals surface area contributed by atoms with Crippen LogP contribution in [-0.4, -0.2) is 44.4 Å². The average molecular weight is 565 g/mol. The van der Waals surface area contributed by atoms with Gasteiger partial charge in [0.1, 0.15) is 17.1 Å². The molecule has 0 radical (unpaired) electrons. The summed E-state index contributed by atoms with van der Waals surface area (Å²) in [6, 6.07) is 13.1. The van der Waals surface area contributed by atoms with Crippen molar-refractivity contribution in [2.75, 3.05) is 7.11 Å². The molecule has 0 bridgehead atoms. The van der Waals surface area contributed by atoms with Crippen LogP contribution in [0, 0.1) is 12.7 Å². The van der Waals surface area contributed by atoms with E-state index in [0.29, 0.717) is 35.3 Å². The third-order valence-corrected chi connectivity index (χ3v) is 7.09. The predicted octanol–water partition coefficient (Wildman–Crippen LogP) is 4.36. The van der Waals surface area contributed by atoms with Gasteiger partial charge >= 0.3 is 0 Å². The Labute approximate surface area is 231 Å². The van der Waals surface area contributed by atoms with Gasteiger partial charge < -0.3 is 28.9 Å². The number of methoxy groups -OCH3 is 1. The van der Waals surface area contributed by atoms with Crippen molar-refractivity contribution in [3.05, 3.63) is 76.6 Å². The van der Waals surface area contributed by atoms with Crippen LogP contribution in [0.1, 0.15) is 34.9 Å². The van der Waals surface area contributed by atoms with Crippen molar-refractivity contribution >= 4 is 34.3 Å². The first-order chi connectivity index (χ1) is 19.3. The van der Waals surface area contributed by atoms with E-state index in [2.05, 4.69) is 26.0 Å². The number of ether oxygens (including phenoxy) is 1. The molecule has 13 heteroatoms. The number of aromatic nitrogens is 4. The van der Waals surface area contributed by atoms with Crippen LogP contribution in [0.4, 0.5) is 4.39 Å². The topological polar surface area (TPSA) is 137 Å². The average Bonchev–Trinajstić information content (AvgIpc) is 3.25. The van der Waals surface area contributed by atoms with Crippen LogP contribution in [0.15, 0.2) is 57.5 Å². The number of carbonyl (C=O) groups excluding carboxylic acids is 2. The van der Waals surface area contributed by atoms with E-state index in [1.54, 1.807) is 13.0 Å². The summed E-state index contributed by atoms with van der Waals surface area (Å²) in [6.45, 7) is 1.91. The largest absolute Gasteiger partial charge is 0.479 e. The van der Waals surface area contributed by atoms with Gasteiger partial charge in [-0.2, -0.15) is 0 Å². The van der Waals surface area contributed by atoms with E-state index in [-0.39, 0.29) is 35.0 Å². The smallest absolute Gasteiger partial charge is 0.290 e. The first-order valence-corrected chi connectivity index (χ1v) is 12.7. The molecule has 0 spiro atoms. The maximum Gasteiger partial charge on any atom is 0.290 e. The van der Waals surface area contributed by atoms with E-state index >= 15 is 0 Å². The molecule has 0 unspecified atom stereocenters. The molecule has 6 rings (SSSR count). The second-order valence-corrected chi connectivity index (χ2v) is 9.78. The van der Waals surface area contributed by atoms with Crippen LogP contribution >= 0.6 is 11.6 Å². The van der Waals surface area contributed by atoms with E-state index in [1.165, 1.54) is 25.3 Å². The fraction of sp³-hybridized carbons (Fsp3) is 0.222. The van der Waals surface area contributed by atoms with Crippen molar-refractivity contribution < 1.29 is 27.7 Å². The zero-order chi connectivity index (χ0) is 28.0. The van der Waals surface area contributed by atoms with Gasteiger partial charge in [0.15, 0.2) is 0 Å². The third kappa shape index (κ3) is 4.56. The quantitative estimate of drug-likeness (QED) is 0.284. The van der Waals surface area contributed by atoms with Crippen LogP contribution in [0.25, 0.3) is 28.2 Å². The van der Waals surface area contributed by atoms with Gasteiger partial charge in [-0.3, -0.25) is 9.59 Å². The highest BCUT2D eigenvalue weighted by atomic mass is 35.5. The summed E-state index contributed by atoms with van der Waals surface area (Å²) in [6.07, 6.45) is 1.02. The fourth-order valence-electron chi connectivity index (χ4n) is 4.46. The maximum absolute atomic E-state index is 14.0. The summed E-state index contributed by atoms with van der Waals surface area (Å²) in [5.41, 5.74) is 1.65. The van der Waals surface area contributed by atoms with E-state index in [9.17, 15) is 14.0 Å². The number of carbonyl (C=O) groups is 2. The Balaban J connectivity index is 1.20. The number of hydrogen-bond acceptors (Lipinski definition) is 8. The van der Waals surface area contributed by atoms with Crippen molar-refractivity contribution in [2.24, 2.45) is 0 Å². The number of rotatable bonds is 8. The summed E-state index contributed by atoms with van der Waals surface area (Å²) in [5, 5.41) is 18.0. The summed E-state index contributed by atoms with van der Waals surface area (Å²) in [5.74, 6) is -0.558. The molecule has 3 aromatic heterocycles. The van der Waals surface area contributed by atoms with Gasteiger partial charge in [0, 0.05) is 24.5 Å². The molecule has 5 aromatic rings. The summed E-state index contributed by atoms with van der Waals surface area (Å²) >= 11 is 6.67. The molecule has 40 heavy (non-hydrogen) atoms. The Morgan fingerprint density at radius 1 is 1.15 bits per heavy atom. The zero-order valence-corrected chi connectivity index (χ0v) is 22.1.